The molecular formula is C14H11N3O3S. The highest BCUT2D eigenvalue weighted by Gasteiger charge is 2.16. The molecule has 2 aromatic heterocycles. The standard InChI is InChI=1S/C14H11N3O3S/c1-19-10-5-2-4-9(8-10)14(18)15-13-12(16-20-17-13)11-6-3-7-21-11/h2-8H,1H3,(H,15,17,18). The molecule has 0 spiro atoms. The molecule has 0 aliphatic rings. The summed E-state index contributed by atoms with van der Waals surface area (Å²) in [6, 6.07) is 10.6. The van der Waals surface area contributed by atoms with E-state index in [1.54, 1.807) is 31.4 Å². The maximum atomic E-state index is 12.2. The van der Waals surface area contributed by atoms with Crippen LogP contribution in [0, 0.1) is 0 Å². The molecule has 3 aromatic rings. The Morgan fingerprint density at radius 3 is 2.95 bits per heavy atom. The number of benzene rings is 1. The van der Waals surface area contributed by atoms with E-state index in [0.717, 1.165) is 4.88 Å². The van der Waals surface area contributed by atoms with E-state index >= 15 is 0 Å². The third kappa shape index (κ3) is 2.77. The van der Waals surface area contributed by atoms with E-state index < -0.39 is 0 Å². The van der Waals surface area contributed by atoms with Crippen LogP contribution in [0.2, 0.25) is 0 Å². The fraction of sp³-hybridized carbons (Fsp3) is 0.0714. The van der Waals surface area contributed by atoms with Gasteiger partial charge in [0.15, 0.2) is 5.69 Å². The summed E-state index contributed by atoms with van der Waals surface area (Å²) in [4.78, 5) is 13.1. The summed E-state index contributed by atoms with van der Waals surface area (Å²) >= 11 is 1.49. The van der Waals surface area contributed by atoms with Crippen LogP contribution in [0.5, 0.6) is 5.75 Å². The van der Waals surface area contributed by atoms with Crippen LogP contribution in [-0.4, -0.2) is 23.3 Å². The Morgan fingerprint density at radius 2 is 2.19 bits per heavy atom. The van der Waals surface area contributed by atoms with E-state index in [9.17, 15) is 4.79 Å². The summed E-state index contributed by atoms with van der Waals surface area (Å²) in [5.74, 6) is 0.604. The van der Waals surface area contributed by atoms with Crippen molar-refractivity contribution < 1.29 is 14.2 Å². The Hall–Kier alpha value is -2.67. The summed E-state index contributed by atoms with van der Waals surface area (Å²) in [6.45, 7) is 0. The van der Waals surface area contributed by atoms with Crippen molar-refractivity contribution in [3.05, 3.63) is 47.3 Å². The van der Waals surface area contributed by atoms with Gasteiger partial charge in [0.25, 0.3) is 5.91 Å². The minimum Gasteiger partial charge on any atom is -0.497 e. The molecule has 0 fully saturated rings. The molecular weight excluding hydrogens is 290 g/mol. The van der Waals surface area contributed by atoms with Crippen LogP contribution < -0.4 is 10.1 Å². The van der Waals surface area contributed by atoms with Crippen molar-refractivity contribution in [3.8, 4) is 16.3 Å². The molecule has 1 N–H and O–H groups in total. The molecule has 0 unspecified atom stereocenters. The Balaban J connectivity index is 1.84. The first-order valence-corrected chi connectivity index (χ1v) is 6.98. The molecule has 0 atom stereocenters. The van der Waals surface area contributed by atoms with Gasteiger partial charge in [0.05, 0.1) is 12.0 Å². The number of hydrogen-bond donors (Lipinski definition) is 1. The first-order chi connectivity index (χ1) is 10.3. The molecule has 21 heavy (non-hydrogen) atoms. The number of carbonyl (C=O) groups excluding carboxylic acids is 1. The minimum atomic E-state index is -0.303. The van der Waals surface area contributed by atoms with Crippen LogP contribution in [-0.2, 0) is 0 Å². The van der Waals surface area contributed by atoms with Crippen molar-refractivity contribution in [2.24, 2.45) is 0 Å². The second-order valence-corrected chi connectivity index (χ2v) is 5.07. The van der Waals surface area contributed by atoms with Crippen LogP contribution in [0.1, 0.15) is 10.4 Å². The second kappa shape index (κ2) is 5.76. The van der Waals surface area contributed by atoms with E-state index in [2.05, 4.69) is 15.6 Å². The Kier molecular flexibility index (Phi) is 3.65. The zero-order valence-corrected chi connectivity index (χ0v) is 11.9. The van der Waals surface area contributed by atoms with Gasteiger partial charge in [-0.15, -0.1) is 11.3 Å². The summed E-state index contributed by atoms with van der Waals surface area (Å²) in [7, 11) is 1.55. The quantitative estimate of drug-likeness (QED) is 0.801. The van der Waals surface area contributed by atoms with Crippen LogP contribution in [0.15, 0.2) is 46.4 Å². The molecule has 0 aliphatic carbocycles. The summed E-state index contributed by atoms with van der Waals surface area (Å²) < 4.78 is 9.82. The number of aromatic nitrogens is 2. The highest BCUT2D eigenvalue weighted by atomic mass is 32.1. The summed E-state index contributed by atoms with van der Waals surface area (Å²) in [6.07, 6.45) is 0. The monoisotopic (exact) mass is 301 g/mol. The fourth-order valence-electron chi connectivity index (χ4n) is 1.79. The number of rotatable bonds is 4. The zero-order chi connectivity index (χ0) is 14.7. The topological polar surface area (TPSA) is 77.2 Å². The number of hydrogen-bond acceptors (Lipinski definition) is 6. The number of methoxy groups -OCH3 is 1. The lowest BCUT2D eigenvalue weighted by Gasteiger charge is -2.04. The van der Waals surface area contributed by atoms with Crippen molar-refractivity contribution in [3.63, 3.8) is 0 Å². The average molecular weight is 301 g/mol. The van der Waals surface area contributed by atoms with Gasteiger partial charge in [0, 0.05) is 5.56 Å². The van der Waals surface area contributed by atoms with Crippen LogP contribution in [0.4, 0.5) is 5.82 Å². The van der Waals surface area contributed by atoms with Crippen molar-refractivity contribution in [1.29, 1.82) is 0 Å². The largest absolute Gasteiger partial charge is 0.497 e. The highest BCUT2D eigenvalue weighted by molar-refractivity contribution is 7.13. The van der Waals surface area contributed by atoms with E-state index in [-0.39, 0.29) is 5.91 Å². The van der Waals surface area contributed by atoms with Crippen LogP contribution in [0.25, 0.3) is 10.6 Å². The molecule has 3 rings (SSSR count). The fourth-order valence-corrected chi connectivity index (χ4v) is 2.50. The molecule has 6 nitrogen and oxygen atoms in total. The van der Waals surface area contributed by atoms with Crippen LogP contribution >= 0.6 is 11.3 Å². The maximum absolute atomic E-state index is 12.2. The summed E-state index contributed by atoms with van der Waals surface area (Å²) in [5, 5.41) is 12.2. The van der Waals surface area contributed by atoms with Gasteiger partial charge < -0.3 is 10.1 Å². The van der Waals surface area contributed by atoms with Gasteiger partial charge in [-0.2, -0.15) is 0 Å². The normalized spacial score (nSPS) is 10.3. The van der Waals surface area contributed by atoms with E-state index in [0.29, 0.717) is 22.8 Å². The molecule has 0 saturated heterocycles. The van der Waals surface area contributed by atoms with Crippen molar-refractivity contribution in [2.75, 3.05) is 12.4 Å². The molecule has 2 heterocycles. The second-order valence-electron chi connectivity index (χ2n) is 4.12. The number of ether oxygens (including phenoxy) is 1. The Bertz CT molecular complexity index is 752. The smallest absolute Gasteiger partial charge is 0.257 e. The number of thiophene rings is 1. The van der Waals surface area contributed by atoms with Crippen molar-refractivity contribution >= 4 is 23.1 Å². The van der Waals surface area contributed by atoms with Crippen molar-refractivity contribution in [1.82, 2.24) is 10.3 Å². The van der Waals surface area contributed by atoms with Gasteiger partial charge in [-0.05, 0) is 40.0 Å². The highest BCUT2D eigenvalue weighted by Crippen LogP contribution is 2.28. The first-order valence-electron chi connectivity index (χ1n) is 6.10. The molecule has 1 amide bonds. The lowest BCUT2D eigenvalue weighted by Crippen LogP contribution is -2.12. The summed E-state index contributed by atoms with van der Waals surface area (Å²) in [5.41, 5.74) is 0.982. The molecule has 0 bridgehead atoms. The van der Waals surface area contributed by atoms with Gasteiger partial charge >= 0.3 is 0 Å². The third-order valence-corrected chi connectivity index (χ3v) is 3.68. The maximum Gasteiger partial charge on any atom is 0.257 e. The third-order valence-electron chi connectivity index (χ3n) is 2.81. The number of anilines is 1. The number of nitrogens with zero attached hydrogens (tertiary/aromatic N) is 2. The first kappa shape index (κ1) is 13.3. The SMILES string of the molecule is COc1cccc(C(=O)Nc2nonc2-c2cccs2)c1. The van der Waals surface area contributed by atoms with E-state index in [1.807, 2.05) is 17.5 Å². The average Bonchev–Trinajstić information content (AvgIpc) is 3.18. The Morgan fingerprint density at radius 1 is 1.29 bits per heavy atom. The van der Waals surface area contributed by atoms with Crippen LogP contribution in [0.3, 0.4) is 0 Å². The predicted molar refractivity (Wildman–Crippen MR) is 78.6 cm³/mol. The lowest BCUT2D eigenvalue weighted by molar-refractivity contribution is 0.102. The molecule has 1 aromatic carbocycles. The molecule has 106 valence electrons. The van der Waals surface area contributed by atoms with E-state index in [4.69, 9.17) is 9.37 Å². The molecule has 0 saturated carbocycles. The van der Waals surface area contributed by atoms with Gasteiger partial charge in [-0.1, -0.05) is 12.1 Å². The molecule has 0 radical (unpaired) electrons. The van der Waals surface area contributed by atoms with Gasteiger partial charge in [0.2, 0.25) is 5.82 Å². The van der Waals surface area contributed by atoms with Gasteiger partial charge in [0.1, 0.15) is 5.75 Å². The molecule has 7 heteroatoms. The predicted octanol–water partition coefficient (Wildman–Crippen LogP) is 3.06. The van der Waals surface area contributed by atoms with E-state index in [1.165, 1.54) is 11.3 Å². The minimum absolute atomic E-state index is 0.297. The lowest BCUT2D eigenvalue weighted by atomic mass is 10.2. The van der Waals surface area contributed by atoms with Gasteiger partial charge in [-0.25, -0.2) is 4.63 Å². The molecule has 0 aliphatic heterocycles. The zero-order valence-electron chi connectivity index (χ0n) is 11.1. The number of amides is 1. The Labute approximate surface area is 124 Å². The number of nitrogens with one attached hydrogen (secondary N) is 1. The van der Waals surface area contributed by atoms with Crippen molar-refractivity contribution in [2.45, 2.75) is 0 Å². The van der Waals surface area contributed by atoms with Gasteiger partial charge in [-0.3, -0.25) is 4.79 Å². The number of carbonyl (C=O) groups is 1.